The van der Waals surface area contributed by atoms with E-state index >= 15 is 0 Å². The number of H-pyrrole nitrogens is 1. The Morgan fingerprint density at radius 3 is 2.60 bits per heavy atom. The molecule has 0 aliphatic carbocycles. The molecule has 4 heteroatoms. The minimum absolute atomic E-state index is 0.0267. The zero-order valence-electron chi connectivity index (χ0n) is 9.46. The zero-order chi connectivity index (χ0) is 11.2. The molecular formula is C11H15N3O. The van der Waals surface area contributed by atoms with Crippen LogP contribution in [0.3, 0.4) is 0 Å². The smallest absolute Gasteiger partial charge is 0.260 e. The Kier molecular flexibility index (Phi) is 1.96. The number of fused-ring (bicyclic) bond motifs is 1. The largest absolute Gasteiger partial charge is 0.346 e. The van der Waals surface area contributed by atoms with Gasteiger partial charge in [0.15, 0.2) is 0 Å². The van der Waals surface area contributed by atoms with E-state index in [1.165, 1.54) is 0 Å². The van der Waals surface area contributed by atoms with Gasteiger partial charge in [-0.3, -0.25) is 4.79 Å². The van der Waals surface area contributed by atoms with Crippen LogP contribution in [0.15, 0.2) is 17.2 Å². The number of aromatic amines is 1. The average molecular weight is 205 g/mol. The molecular weight excluding hydrogens is 190 g/mol. The van der Waals surface area contributed by atoms with Gasteiger partial charge in [0.1, 0.15) is 5.82 Å². The predicted molar refractivity (Wildman–Crippen MR) is 60.1 cm³/mol. The van der Waals surface area contributed by atoms with Crippen LogP contribution in [0.4, 0.5) is 0 Å². The first-order valence-corrected chi connectivity index (χ1v) is 4.97. The number of aryl methyl sites for hydroxylation is 1. The molecule has 0 bridgehead atoms. The molecule has 1 N–H and O–H groups in total. The van der Waals surface area contributed by atoms with Crippen LogP contribution in [-0.4, -0.2) is 14.5 Å². The molecule has 0 amide bonds. The number of hydrogen-bond acceptors (Lipinski definition) is 2. The number of nitrogens with one attached hydrogen (secondary N) is 1. The van der Waals surface area contributed by atoms with Gasteiger partial charge in [-0.1, -0.05) is 0 Å². The lowest BCUT2D eigenvalue weighted by atomic mass is 10.1. The second kappa shape index (κ2) is 2.95. The summed E-state index contributed by atoms with van der Waals surface area (Å²) in [5.41, 5.74) is 0.660. The highest BCUT2D eigenvalue weighted by atomic mass is 16.1. The highest BCUT2D eigenvalue weighted by Gasteiger charge is 2.14. The van der Waals surface area contributed by atoms with Crippen LogP contribution in [-0.2, 0) is 5.54 Å². The maximum absolute atomic E-state index is 11.6. The number of aromatic nitrogens is 3. The molecule has 0 radical (unpaired) electrons. The quantitative estimate of drug-likeness (QED) is 0.712. The van der Waals surface area contributed by atoms with E-state index in [0.29, 0.717) is 11.2 Å². The van der Waals surface area contributed by atoms with E-state index in [1.54, 1.807) is 6.92 Å². The fraction of sp³-hybridized carbons (Fsp3) is 0.455. The molecule has 2 rings (SSSR count). The first-order chi connectivity index (χ1) is 6.88. The minimum atomic E-state index is -0.0690. The Balaban J connectivity index is 2.77. The van der Waals surface area contributed by atoms with Crippen LogP contribution >= 0.6 is 0 Å². The molecule has 2 heterocycles. The van der Waals surface area contributed by atoms with Crippen molar-refractivity contribution in [2.45, 2.75) is 33.2 Å². The summed E-state index contributed by atoms with van der Waals surface area (Å²) in [6.45, 7) is 8.06. The van der Waals surface area contributed by atoms with Crippen LogP contribution in [0.1, 0.15) is 26.6 Å². The molecule has 0 aromatic carbocycles. The average Bonchev–Trinajstić information content (AvgIpc) is 2.46. The minimum Gasteiger partial charge on any atom is -0.346 e. The third kappa shape index (κ3) is 1.67. The summed E-state index contributed by atoms with van der Waals surface area (Å²) in [6, 6.07) is 0. The number of rotatable bonds is 0. The summed E-state index contributed by atoms with van der Waals surface area (Å²) in [6.07, 6.45) is 3.76. The van der Waals surface area contributed by atoms with Gasteiger partial charge >= 0.3 is 0 Å². The Morgan fingerprint density at radius 1 is 1.33 bits per heavy atom. The Morgan fingerprint density at radius 2 is 2.00 bits per heavy atom. The second-order valence-electron chi connectivity index (χ2n) is 4.79. The third-order valence-corrected chi connectivity index (χ3v) is 2.41. The van der Waals surface area contributed by atoms with E-state index in [2.05, 4.69) is 30.7 Å². The van der Waals surface area contributed by atoms with Gasteiger partial charge in [0, 0.05) is 17.9 Å². The molecule has 2 aromatic rings. The highest BCUT2D eigenvalue weighted by molar-refractivity contribution is 5.77. The molecule has 0 spiro atoms. The molecule has 80 valence electrons. The van der Waals surface area contributed by atoms with Crippen molar-refractivity contribution >= 4 is 10.9 Å². The van der Waals surface area contributed by atoms with Crippen molar-refractivity contribution in [2.24, 2.45) is 0 Å². The summed E-state index contributed by atoms with van der Waals surface area (Å²) < 4.78 is 2.01. The summed E-state index contributed by atoms with van der Waals surface area (Å²) in [5, 5.41) is 0.649. The maximum Gasteiger partial charge on any atom is 0.260 e. The predicted octanol–water partition coefficient (Wildman–Crippen LogP) is 1.79. The fourth-order valence-electron chi connectivity index (χ4n) is 1.54. The van der Waals surface area contributed by atoms with Crippen LogP contribution < -0.4 is 5.56 Å². The van der Waals surface area contributed by atoms with E-state index in [-0.39, 0.29) is 11.1 Å². The Bertz CT molecular complexity index is 557. The van der Waals surface area contributed by atoms with Gasteiger partial charge in [-0.2, -0.15) is 0 Å². The molecule has 0 atom stereocenters. The van der Waals surface area contributed by atoms with Crippen molar-refractivity contribution in [3.8, 4) is 0 Å². The van der Waals surface area contributed by atoms with E-state index in [0.717, 1.165) is 5.52 Å². The Hall–Kier alpha value is -1.58. The van der Waals surface area contributed by atoms with Crippen LogP contribution in [0.5, 0.6) is 0 Å². The first kappa shape index (κ1) is 9.96. The number of hydrogen-bond donors (Lipinski definition) is 1. The van der Waals surface area contributed by atoms with Crippen molar-refractivity contribution in [3.05, 3.63) is 28.6 Å². The van der Waals surface area contributed by atoms with Crippen molar-refractivity contribution in [1.82, 2.24) is 14.5 Å². The van der Waals surface area contributed by atoms with E-state index in [4.69, 9.17) is 0 Å². The van der Waals surface area contributed by atoms with Gasteiger partial charge in [0.2, 0.25) is 0 Å². The van der Waals surface area contributed by atoms with Crippen LogP contribution in [0.25, 0.3) is 10.9 Å². The highest BCUT2D eigenvalue weighted by Crippen LogP contribution is 2.18. The molecule has 0 aliphatic heterocycles. The van der Waals surface area contributed by atoms with Crippen molar-refractivity contribution in [1.29, 1.82) is 0 Å². The lowest BCUT2D eigenvalue weighted by Crippen LogP contribution is -2.19. The summed E-state index contributed by atoms with van der Waals surface area (Å²) in [4.78, 5) is 18.6. The molecule has 0 fully saturated rings. The molecule has 15 heavy (non-hydrogen) atoms. The maximum atomic E-state index is 11.6. The van der Waals surface area contributed by atoms with Gasteiger partial charge in [-0.25, -0.2) is 4.98 Å². The lowest BCUT2D eigenvalue weighted by Gasteiger charge is -2.20. The van der Waals surface area contributed by atoms with Crippen molar-refractivity contribution < 1.29 is 0 Å². The van der Waals surface area contributed by atoms with E-state index in [9.17, 15) is 4.79 Å². The molecule has 0 unspecified atom stereocenters. The van der Waals surface area contributed by atoms with Gasteiger partial charge in [0.05, 0.1) is 10.9 Å². The topological polar surface area (TPSA) is 50.7 Å². The number of nitrogens with zero attached hydrogens (tertiary/aromatic N) is 2. The van der Waals surface area contributed by atoms with Crippen LogP contribution in [0.2, 0.25) is 0 Å². The zero-order valence-corrected chi connectivity index (χ0v) is 9.46. The SMILES string of the molecule is Cc1nc2cn(C(C)(C)C)cc2c(=O)[nH]1. The van der Waals surface area contributed by atoms with Crippen molar-refractivity contribution in [2.75, 3.05) is 0 Å². The van der Waals surface area contributed by atoms with Gasteiger partial charge in [0.25, 0.3) is 5.56 Å². The normalized spacial score (nSPS) is 12.3. The van der Waals surface area contributed by atoms with Crippen LogP contribution in [0, 0.1) is 6.92 Å². The second-order valence-corrected chi connectivity index (χ2v) is 4.79. The summed E-state index contributed by atoms with van der Waals surface area (Å²) >= 11 is 0. The van der Waals surface area contributed by atoms with Gasteiger partial charge in [-0.05, 0) is 27.7 Å². The molecule has 4 nitrogen and oxygen atoms in total. The molecule has 0 saturated heterocycles. The third-order valence-electron chi connectivity index (χ3n) is 2.41. The lowest BCUT2D eigenvalue weighted by molar-refractivity contribution is 0.399. The monoisotopic (exact) mass is 205 g/mol. The Labute approximate surface area is 88.0 Å². The fourth-order valence-corrected chi connectivity index (χ4v) is 1.54. The molecule has 2 aromatic heterocycles. The molecule has 0 saturated carbocycles. The van der Waals surface area contributed by atoms with Crippen molar-refractivity contribution in [3.63, 3.8) is 0 Å². The standard InChI is InChI=1S/C11H15N3O/c1-7-12-9-6-14(11(2,3)4)5-8(9)10(15)13-7/h5-6H,1-4H3,(H,12,13,15). The molecule has 0 aliphatic rings. The summed E-state index contributed by atoms with van der Waals surface area (Å²) in [7, 11) is 0. The first-order valence-electron chi connectivity index (χ1n) is 4.97. The van der Waals surface area contributed by atoms with Gasteiger partial charge in [-0.15, -0.1) is 0 Å². The summed E-state index contributed by atoms with van der Waals surface area (Å²) in [5.74, 6) is 0.652. The van der Waals surface area contributed by atoms with Gasteiger partial charge < -0.3 is 9.55 Å². The van der Waals surface area contributed by atoms with E-state index in [1.807, 2.05) is 17.0 Å². The van der Waals surface area contributed by atoms with E-state index < -0.39 is 0 Å².